The third kappa shape index (κ3) is 1.31. The molecule has 0 spiro atoms. The number of imidazole rings is 1. The lowest BCUT2D eigenvalue weighted by atomic mass is 10.3. The first kappa shape index (κ1) is 9.46. The van der Waals surface area contributed by atoms with E-state index in [2.05, 4.69) is 15.3 Å². The van der Waals surface area contributed by atoms with Crippen molar-refractivity contribution in [3.05, 3.63) is 22.5 Å². The van der Waals surface area contributed by atoms with Crippen LogP contribution in [0, 0.1) is 0 Å². The summed E-state index contributed by atoms with van der Waals surface area (Å²) in [6.45, 7) is 0.747. The minimum Gasteiger partial charge on any atom is -0.374 e. The molecule has 0 amide bonds. The number of rotatable bonds is 2. The highest BCUT2D eigenvalue weighted by molar-refractivity contribution is 5.97. The summed E-state index contributed by atoms with van der Waals surface area (Å²) in [7, 11) is 0. The third-order valence-electron chi connectivity index (χ3n) is 1.88. The fraction of sp³-hybridized carbons (Fsp3) is 0.286. The Bertz CT molecular complexity index is 584. The molecule has 78 valence electrons. The number of aromatic nitrogens is 5. The first-order chi connectivity index (χ1) is 7.15. The Morgan fingerprint density at radius 1 is 1.60 bits per heavy atom. The van der Waals surface area contributed by atoms with Gasteiger partial charge in [0, 0.05) is 6.92 Å². The number of hydrogen-bond donors (Lipinski definition) is 1. The van der Waals surface area contributed by atoms with Crippen LogP contribution in [-0.2, 0) is 6.73 Å². The summed E-state index contributed by atoms with van der Waals surface area (Å²) in [5.74, 6) is -0.298. The highest BCUT2D eigenvalue weighted by Gasteiger charge is 2.13. The third-order valence-corrected chi connectivity index (χ3v) is 1.88. The number of carbonyl (C=O) groups excluding carboxylic acids is 1. The Balaban J connectivity index is 2.82. The molecule has 0 aliphatic rings. The molecule has 2 aromatic rings. The average molecular weight is 209 g/mol. The van der Waals surface area contributed by atoms with Crippen LogP contribution < -0.4 is 5.69 Å². The lowest BCUT2D eigenvalue weighted by Crippen LogP contribution is -2.29. The molecule has 0 atom stereocenters. The van der Waals surface area contributed by atoms with Crippen molar-refractivity contribution in [1.29, 1.82) is 0 Å². The number of Topliss-reactive ketones (excluding diaryl/α,β-unsaturated/α-hetero) is 1. The van der Waals surface area contributed by atoms with Gasteiger partial charge >= 0.3 is 5.69 Å². The predicted octanol–water partition coefficient (Wildman–Crippen LogP) is -1.56. The lowest BCUT2D eigenvalue weighted by molar-refractivity contribution is 0.101. The van der Waals surface area contributed by atoms with E-state index < -0.39 is 12.4 Å². The number of fused-ring (bicyclic) bond motifs is 1. The van der Waals surface area contributed by atoms with E-state index in [1.165, 1.54) is 13.3 Å². The number of aliphatic hydroxyl groups is 1. The maximum Gasteiger partial charge on any atom is 0.355 e. The number of ketones is 1. The van der Waals surface area contributed by atoms with Crippen LogP contribution in [0.1, 0.15) is 17.4 Å². The summed E-state index contributed by atoms with van der Waals surface area (Å²) >= 11 is 0. The molecule has 0 fully saturated rings. The van der Waals surface area contributed by atoms with E-state index in [9.17, 15) is 9.59 Å². The Labute approximate surface area is 82.8 Å². The summed E-state index contributed by atoms with van der Waals surface area (Å²) in [6, 6.07) is 0. The van der Waals surface area contributed by atoms with Crippen molar-refractivity contribution in [3.63, 3.8) is 0 Å². The molecular weight excluding hydrogens is 202 g/mol. The summed E-state index contributed by atoms with van der Waals surface area (Å²) in [4.78, 5) is 26.3. The molecule has 2 heterocycles. The Hall–Kier alpha value is -2.09. The van der Waals surface area contributed by atoms with Crippen LogP contribution in [0.5, 0.6) is 0 Å². The van der Waals surface area contributed by atoms with Gasteiger partial charge in [-0.15, -0.1) is 5.10 Å². The van der Waals surface area contributed by atoms with Gasteiger partial charge in [-0.05, 0) is 0 Å². The van der Waals surface area contributed by atoms with Crippen molar-refractivity contribution in [2.75, 3.05) is 0 Å². The van der Waals surface area contributed by atoms with Gasteiger partial charge in [0.1, 0.15) is 13.1 Å². The van der Waals surface area contributed by atoms with E-state index in [0.717, 1.165) is 9.08 Å². The monoisotopic (exact) mass is 209 g/mol. The van der Waals surface area contributed by atoms with E-state index in [1.807, 2.05) is 0 Å². The van der Waals surface area contributed by atoms with Gasteiger partial charge in [0.25, 0.3) is 0 Å². The first-order valence-electron chi connectivity index (χ1n) is 4.08. The van der Waals surface area contributed by atoms with E-state index >= 15 is 0 Å². The second-order valence-electron chi connectivity index (χ2n) is 2.86. The molecule has 0 unspecified atom stereocenters. The van der Waals surface area contributed by atoms with Gasteiger partial charge in [-0.3, -0.25) is 4.79 Å². The Morgan fingerprint density at radius 2 is 2.33 bits per heavy atom. The zero-order chi connectivity index (χ0) is 11.0. The van der Waals surface area contributed by atoms with Gasteiger partial charge in [-0.2, -0.15) is 4.68 Å². The zero-order valence-electron chi connectivity index (χ0n) is 7.78. The van der Waals surface area contributed by atoms with Crippen molar-refractivity contribution in [1.82, 2.24) is 24.4 Å². The fourth-order valence-electron chi connectivity index (χ4n) is 1.17. The molecule has 0 saturated heterocycles. The van der Waals surface area contributed by atoms with E-state index in [4.69, 9.17) is 5.11 Å². The summed E-state index contributed by atoms with van der Waals surface area (Å²) in [5, 5.41) is 15.8. The number of aliphatic hydroxyl groups excluding tert-OH is 1. The van der Waals surface area contributed by atoms with Crippen molar-refractivity contribution in [3.8, 4) is 0 Å². The summed E-state index contributed by atoms with van der Waals surface area (Å²) < 4.78 is 1.80. The number of carbonyl (C=O) groups is 1. The van der Waals surface area contributed by atoms with Crippen LogP contribution >= 0.6 is 0 Å². The maximum absolute atomic E-state index is 11.5. The Kier molecular flexibility index (Phi) is 2.05. The van der Waals surface area contributed by atoms with Crippen LogP contribution in [0.2, 0.25) is 0 Å². The number of nitrogens with zero attached hydrogens (tertiary/aromatic N) is 5. The zero-order valence-corrected chi connectivity index (χ0v) is 7.78. The second kappa shape index (κ2) is 3.24. The molecule has 2 aromatic heterocycles. The van der Waals surface area contributed by atoms with Gasteiger partial charge in [-0.1, -0.05) is 5.21 Å². The largest absolute Gasteiger partial charge is 0.374 e. The normalized spacial score (nSPS) is 10.8. The standard InChI is InChI=1S/C7H7N5O3/c1-4(14)5-6-9-10-12(3-13)7(15)11(6)2-8-5/h2,13H,3H2,1H3. The topological polar surface area (TPSA) is 102 Å². The van der Waals surface area contributed by atoms with Crippen LogP contribution in [0.4, 0.5) is 0 Å². The molecule has 0 aliphatic heterocycles. The van der Waals surface area contributed by atoms with Crippen molar-refractivity contribution in [2.24, 2.45) is 0 Å². The van der Waals surface area contributed by atoms with Crippen LogP contribution in [0.3, 0.4) is 0 Å². The smallest absolute Gasteiger partial charge is 0.355 e. The molecule has 0 aliphatic carbocycles. The molecule has 15 heavy (non-hydrogen) atoms. The molecule has 8 nitrogen and oxygen atoms in total. The molecular formula is C7H7N5O3. The fourth-order valence-corrected chi connectivity index (χ4v) is 1.17. The minimum atomic E-state index is -0.595. The van der Waals surface area contributed by atoms with E-state index in [1.54, 1.807) is 0 Å². The van der Waals surface area contributed by atoms with Gasteiger partial charge in [0.05, 0.1) is 0 Å². The van der Waals surface area contributed by atoms with E-state index in [0.29, 0.717) is 0 Å². The second-order valence-corrected chi connectivity index (χ2v) is 2.86. The molecule has 0 bridgehead atoms. The first-order valence-corrected chi connectivity index (χ1v) is 4.08. The molecule has 0 saturated carbocycles. The highest BCUT2D eigenvalue weighted by Crippen LogP contribution is 2.02. The van der Waals surface area contributed by atoms with Crippen molar-refractivity contribution >= 4 is 11.4 Å². The van der Waals surface area contributed by atoms with Crippen LogP contribution in [-0.4, -0.2) is 35.3 Å². The summed E-state index contributed by atoms with van der Waals surface area (Å²) in [5.41, 5.74) is -0.413. The highest BCUT2D eigenvalue weighted by atomic mass is 16.3. The molecule has 0 radical (unpaired) electrons. The molecule has 1 N–H and O–H groups in total. The SMILES string of the molecule is CC(=O)c1ncn2c(=O)n(CO)nnc12. The molecule has 8 heteroatoms. The maximum atomic E-state index is 11.5. The van der Waals surface area contributed by atoms with Crippen molar-refractivity contribution < 1.29 is 9.90 Å². The minimum absolute atomic E-state index is 0.0877. The molecule has 2 rings (SSSR count). The Morgan fingerprint density at radius 3 is 2.93 bits per heavy atom. The van der Waals surface area contributed by atoms with Gasteiger partial charge in [0.15, 0.2) is 17.1 Å². The summed E-state index contributed by atoms with van der Waals surface area (Å²) in [6.07, 6.45) is 1.18. The van der Waals surface area contributed by atoms with Gasteiger partial charge in [0.2, 0.25) is 0 Å². The van der Waals surface area contributed by atoms with Crippen molar-refractivity contribution in [2.45, 2.75) is 13.7 Å². The van der Waals surface area contributed by atoms with E-state index in [-0.39, 0.29) is 17.1 Å². The lowest BCUT2D eigenvalue weighted by Gasteiger charge is -1.98. The number of hydrogen-bond acceptors (Lipinski definition) is 6. The van der Waals surface area contributed by atoms with Crippen LogP contribution in [0.25, 0.3) is 5.65 Å². The quantitative estimate of drug-likeness (QED) is 0.600. The predicted molar refractivity (Wildman–Crippen MR) is 47.3 cm³/mol. The average Bonchev–Trinajstić information content (AvgIpc) is 2.62. The van der Waals surface area contributed by atoms with Gasteiger partial charge in [-0.25, -0.2) is 14.2 Å². The molecule has 0 aromatic carbocycles. The van der Waals surface area contributed by atoms with Crippen LogP contribution in [0.15, 0.2) is 11.1 Å². The van der Waals surface area contributed by atoms with Gasteiger partial charge < -0.3 is 5.11 Å².